The van der Waals surface area contributed by atoms with Gasteiger partial charge in [0.25, 0.3) is 5.91 Å². The number of imidazole rings is 1. The zero-order valence-corrected chi connectivity index (χ0v) is 10.8. The first kappa shape index (κ1) is 13.0. The number of carbonyl (C=O) groups excluding carboxylic acids is 1. The van der Waals surface area contributed by atoms with Crippen molar-refractivity contribution in [2.24, 2.45) is 7.05 Å². The van der Waals surface area contributed by atoms with Crippen LogP contribution in [-0.2, 0) is 16.5 Å². The highest BCUT2D eigenvalue weighted by Gasteiger charge is 2.28. The molecule has 0 unspecified atom stereocenters. The van der Waals surface area contributed by atoms with Gasteiger partial charge in [0, 0.05) is 20.3 Å². The van der Waals surface area contributed by atoms with Gasteiger partial charge in [-0.25, -0.2) is 4.98 Å². The molecule has 1 N–H and O–H groups in total. The van der Waals surface area contributed by atoms with Crippen LogP contribution >= 0.6 is 0 Å². The van der Waals surface area contributed by atoms with Crippen molar-refractivity contribution >= 4 is 5.91 Å². The summed E-state index contributed by atoms with van der Waals surface area (Å²) >= 11 is 0. The maximum Gasteiger partial charge on any atom is 0.269 e. The average Bonchev–Trinajstić information content (AvgIpc) is 2.78. The van der Waals surface area contributed by atoms with Gasteiger partial charge in [-0.15, -0.1) is 0 Å². The van der Waals surface area contributed by atoms with Crippen LogP contribution in [0.5, 0.6) is 0 Å². The molecule has 1 amide bonds. The highest BCUT2D eigenvalue weighted by molar-refractivity contribution is 5.92. The maximum absolute atomic E-state index is 12.1. The average molecular weight is 253 g/mol. The minimum Gasteiger partial charge on any atom is -0.379 e. The Kier molecular flexibility index (Phi) is 4.33. The van der Waals surface area contributed by atoms with Gasteiger partial charge in [0.1, 0.15) is 11.8 Å². The number of ether oxygens (including phenoxy) is 2. The van der Waals surface area contributed by atoms with Crippen LogP contribution in [0.25, 0.3) is 0 Å². The molecule has 0 aromatic carbocycles. The van der Waals surface area contributed by atoms with Crippen molar-refractivity contribution in [1.29, 1.82) is 0 Å². The minimum atomic E-state index is -0.119. The van der Waals surface area contributed by atoms with Gasteiger partial charge in [-0.1, -0.05) is 0 Å². The summed E-state index contributed by atoms with van der Waals surface area (Å²) < 4.78 is 12.6. The van der Waals surface area contributed by atoms with Crippen LogP contribution in [0.15, 0.2) is 12.5 Å². The number of aromatic nitrogens is 2. The summed E-state index contributed by atoms with van der Waals surface area (Å²) in [5.41, 5.74) is 0.553. The van der Waals surface area contributed by atoms with Gasteiger partial charge in [0.15, 0.2) is 0 Å². The molecule has 2 rings (SSSR count). The van der Waals surface area contributed by atoms with Gasteiger partial charge in [0.2, 0.25) is 0 Å². The number of hydrogen-bond donors (Lipinski definition) is 1. The number of nitrogens with zero attached hydrogens (tertiary/aromatic N) is 2. The van der Waals surface area contributed by atoms with E-state index in [2.05, 4.69) is 10.3 Å². The van der Waals surface area contributed by atoms with Crippen molar-refractivity contribution in [1.82, 2.24) is 14.9 Å². The topological polar surface area (TPSA) is 65.4 Å². The summed E-state index contributed by atoms with van der Waals surface area (Å²) in [7, 11) is 1.80. The second kappa shape index (κ2) is 5.97. The fraction of sp³-hybridized carbons (Fsp3) is 0.667. The largest absolute Gasteiger partial charge is 0.379 e. The molecule has 2 atom stereocenters. The quantitative estimate of drug-likeness (QED) is 0.840. The molecule has 6 heteroatoms. The van der Waals surface area contributed by atoms with Gasteiger partial charge < -0.3 is 19.4 Å². The van der Waals surface area contributed by atoms with E-state index in [9.17, 15) is 4.79 Å². The lowest BCUT2D eigenvalue weighted by Gasteiger charge is -2.31. The summed E-state index contributed by atoms with van der Waals surface area (Å²) in [6, 6.07) is 0.00102. The predicted octanol–water partition coefficient (Wildman–Crippen LogP) is 0.344. The number of aryl methyl sites for hydroxylation is 1. The second-order valence-electron chi connectivity index (χ2n) is 4.33. The predicted molar refractivity (Wildman–Crippen MR) is 65.3 cm³/mol. The Morgan fingerprint density at radius 2 is 2.56 bits per heavy atom. The minimum absolute atomic E-state index is 0.00102. The highest BCUT2D eigenvalue weighted by atomic mass is 16.5. The van der Waals surface area contributed by atoms with Gasteiger partial charge in [-0.2, -0.15) is 0 Å². The molecule has 0 radical (unpaired) electrons. The van der Waals surface area contributed by atoms with E-state index in [1.165, 1.54) is 0 Å². The van der Waals surface area contributed by atoms with Gasteiger partial charge in [-0.05, 0) is 13.3 Å². The van der Waals surface area contributed by atoms with E-state index in [0.717, 1.165) is 6.42 Å². The zero-order valence-electron chi connectivity index (χ0n) is 10.8. The molecule has 1 aliphatic heterocycles. The van der Waals surface area contributed by atoms with E-state index in [4.69, 9.17) is 9.47 Å². The third-order valence-electron chi connectivity index (χ3n) is 3.05. The molecule has 1 fully saturated rings. The number of rotatable bonds is 4. The van der Waals surface area contributed by atoms with Gasteiger partial charge >= 0.3 is 0 Å². The van der Waals surface area contributed by atoms with Crippen molar-refractivity contribution in [3.63, 3.8) is 0 Å². The van der Waals surface area contributed by atoms with Crippen LogP contribution < -0.4 is 5.32 Å². The van der Waals surface area contributed by atoms with Gasteiger partial charge in [-0.3, -0.25) is 4.79 Å². The van der Waals surface area contributed by atoms with E-state index >= 15 is 0 Å². The molecule has 2 heterocycles. The summed E-state index contributed by atoms with van der Waals surface area (Å²) in [5.74, 6) is -0.119. The molecule has 1 saturated heterocycles. The fourth-order valence-electron chi connectivity index (χ4n) is 2.07. The smallest absolute Gasteiger partial charge is 0.269 e. The molecular formula is C12H19N3O3. The van der Waals surface area contributed by atoms with Crippen molar-refractivity contribution in [3.05, 3.63) is 18.2 Å². The van der Waals surface area contributed by atoms with E-state index in [-0.39, 0.29) is 18.1 Å². The van der Waals surface area contributed by atoms with Crippen LogP contribution in [0.4, 0.5) is 0 Å². The lowest BCUT2D eigenvalue weighted by atomic mass is 10.1. The maximum atomic E-state index is 12.1. The lowest BCUT2D eigenvalue weighted by Crippen LogP contribution is -2.50. The summed E-state index contributed by atoms with van der Waals surface area (Å²) in [6.07, 6.45) is 3.87. The molecule has 0 saturated carbocycles. The summed E-state index contributed by atoms with van der Waals surface area (Å²) in [5, 5.41) is 2.99. The normalized spacial score (nSPS) is 23.9. The number of hydrogen-bond acceptors (Lipinski definition) is 4. The molecule has 0 bridgehead atoms. The zero-order chi connectivity index (χ0) is 13.0. The number of carbonyl (C=O) groups is 1. The standard InChI is InChI=1S/C12H19N3O3/c1-3-18-11-7-17-5-4-9(11)14-12(16)10-6-13-8-15(10)2/h6,8-9,11H,3-5,7H2,1-2H3,(H,14,16)/t9-,11-/m1/s1. The molecule has 1 aliphatic rings. The van der Waals surface area contributed by atoms with Crippen LogP contribution in [-0.4, -0.2) is 47.4 Å². The molecule has 1 aromatic rings. The Hall–Kier alpha value is -1.40. The molecular weight excluding hydrogens is 234 g/mol. The van der Waals surface area contributed by atoms with Crippen LogP contribution in [0.2, 0.25) is 0 Å². The highest BCUT2D eigenvalue weighted by Crippen LogP contribution is 2.12. The molecule has 0 aliphatic carbocycles. The van der Waals surface area contributed by atoms with E-state index in [1.54, 1.807) is 24.1 Å². The van der Waals surface area contributed by atoms with Crippen LogP contribution in [0, 0.1) is 0 Å². The Bertz CT molecular complexity index is 403. The Balaban J connectivity index is 1.98. The molecule has 1 aromatic heterocycles. The third kappa shape index (κ3) is 2.88. The van der Waals surface area contributed by atoms with E-state index in [1.807, 2.05) is 6.92 Å². The SMILES string of the molecule is CCO[C@@H]1COCC[C@H]1NC(=O)c1cncn1C. The first-order valence-corrected chi connectivity index (χ1v) is 6.19. The van der Waals surface area contributed by atoms with Gasteiger partial charge in [0.05, 0.1) is 25.2 Å². The first-order valence-electron chi connectivity index (χ1n) is 6.19. The molecule has 18 heavy (non-hydrogen) atoms. The Morgan fingerprint density at radius 1 is 1.72 bits per heavy atom. The first-order chi connectivity index (χ1) is 8.72. The van der Waals surface area contributed by atoms with Crippen molar-refractivity contribution in [2.75, 3.05) is 19.8 Å². The van der Waals surface area contributed by atoms with Crippen LogP contribution in [0.3, 0.4) is 0 Å². The van der Waals surface area contributed by atoms with Crippen molar-refractivity contribution in [2.45, 2.75) is 25.5 Å². The molecule has 6 nitrogen and oxygen atoms in total. The molecule has 100 valence electrons. The third-order valence-corrected chi connectivity index (χ3v) is 3.05. The number of nitrogens with one attached hydrogen (secondary N) is 1. The second-order valence-corrected chi connectivity index (χ2v) is 4.33. The lowest BCUT2D eigenvalue weighted by molar-refractivity contribution is -0.0633. The van der Waals surface area contributed by atoms with Crippen LogP contribution in [0.1, 0.15) is 23.8 Å². The van der Waals surface area contributed by atoms with Crippen molar-refractivity contribution in [3.8, 4) is 0 Å². The Morgan fingerprint density at radius 3 is 3.22 bits per heavy atom. The summed E-state index contributed by atoms with van der Waals surface area (Å²) in [4.78, 5) is 16.0. The fourth-order valence-corrected chi connectivity index (χ4v) is 2.07. The van der Waals surface area contributed by atoms with E-state index in [0.29, 0.717) is 25.5 Å². The number of amides is 1. The summed E-state index contributed by atoms with van der Waals surface area (Å²) in [6.45, 7) is 3.74. The molecule has 0 spiro atoms. The van der Waals surface area contributed by atoms with E-state index < -0.39 is 0 Å². The monoisotopic (exact) mass is 253 g/mol. The van der Waals surface area contributed by atoms with Crippen molar-refractivity contribution < 1.29 is 14.3 Å². The Labute approximate surface area is 106 Å².